The van der Waals surface area contributed by atoms with E-state index >= 15 is 0 Å². The van der Waals surface area contributed by atoms with Gasteiger partial charge in [-0.2, -0.15) is 5.26 Å². The first kappa shape index (κ1) is 9.47. The van der Waals surface area contributed by atoms with Crippen LogP contribution < -0.4 is 0 Å². The number of nitriles is 1. The lowest BCUT2D eigenvalue weighted by atomic mass is 10.2. The number of hydrogen-bond acceptors (Lipinski definition) is 2. The molecule has 0 fully saturated rings. The van der Waals surface area contributed by atoms with Gasteiger partial charge >= 0.3 is 0 Å². The molecule has 3 nitrogen and oxygen atoms in total. The Morgan fingerprint density at radius 1 is 1.33 bits per heavy atom. The normalized spacial score (nSPS) is 9.87. The smallest absolute Gasteiger partial charge is 0.190 e. The van der Waals surface area contributed by atoms with Gasteiger partial charge in [0.1, 0.15) is 0 Å². The third-order valence-corrected chi connectivity index (χ3v) is 2.33. The van der Waals surface area contributed by atoms with E-state index < -0.39 is 0 Å². The summed E-state index contributed by atoms with van der Waals surface area (Å²) >= 11 is 0. The van der Waals surface area contributed by atoms with Gasteiger partial charge in [0, 0.05) is 5.56 Å². The first-order chi connectivity index (χ1) is 7.36. The van der Waals surface area contributed by atoms with Crippen molar-refractivity contribution < 1.29 is 0 Å². The lowest BCUT2D eigenvalue weighted by Crippen LogP contribution is -1.97. The molecule has 0 bridgehead atoms. The molecule has 0 aliphatic heterocycles. The van der Waals surface area contributed by atoms with Gasteiger partial charge in [-0.25, -0.2) is 9.55 Å². The van der Waals surface area contributed by atoms with Crippen LogP contribution in [0.15, 0.2) is 36.5 Å². The van der Waals surface area contributed by atoms with Crippen molar-refractivity contribution in [1.29, 1.82) is 5.26 Å². The molecule has 0 atom stereocenters. The summed E-state index contributed by atoms with van der Waals surface area (Å²) in [4.78, 5) is 4.27. The van der Waals surface area contributed by atoms with Crippen molar-refractivity contribution >= 4 is 0 Å². The maximum atomic E-state index is 9.05. The number of hydrogen-bond donors (Lipinski definition) is 0. The number of imidazole rings is 1. The van der Waals surface area contributed by atoms with E-state index in [4.69, 9.17) is 5.26 Å². The Morgan fingerprint density at radius 2 is 2.07 bits per heavy atom. The molecule has 0 saturated heterocycles. The maximum Gasteiger partial charge on any atom is 0.190 e. The zero-order valence-electron chi connectivity index (χ0n) is 8.51. The van der Waals surface area contributed by atoms with Crippen LogP contribution in [0.4, 0.5) is 0 Å². The topological polar surface area (TPSA) is 41.6 Å². The zero-order chi connectivity index (χ0) is 10.7. The molecule has 1 aromatic carbocycles. The highest BCUT2D eigenvalue weighted by Gasteiger charge is 2.09. The van der Waals surface area contributed by atoms with Crippen LogP contribution in [0.3, 0.4) is 0 Å². The summed E-state index contributed by atoms with van der Waals surface area (Å²) in [6, 6.07) is 9.74. The van der Waals surface area contributed by atoms with Crippen molar-refractivity contribution in [2.75, 3.05) is 0 Å². The molecule has 0 aliphatic rings. The number of aromatic nitrogens is 2. The van der Waals surface area contributed by atoms with Crippen molar-refractivity contribution in [2.45, 2.75) is 13.3 Å². The summed E-state index contributed by atoms with van der Waals surface area (Å²) in [5.41, 5.74) is 1.91. The van der Waals surface area contributed by atoms with Crippen molar-refractivity contribution in [1.82, 2.24) is 9.55 Å². The summed E-state index contributed by atoms with van der Waals surface area (Å²) in [5.74, 6) is 0.718. The van der Waals surface area contributed by atoms with Gasteiger partial charge in [-0.05, 0) is 6.42 Å². The highest BCUT2D eigenvalue weighted by atomic mass is 15.1. The third-order valence-electron chi connectivity index (χ3n) is 2.33. The van der Waals surface area contributed by atoms with Gasteiger partial charge in [-0.1, -0.05) is 37.3 Å². The second kappa shape index (κ2) is 3.97. The van der Waals surface area contributed by atoms with Crippen LogP contribution in [0.5, 0.6) is 0 Å². The average molecular weight is 197 g/mol. The monoisotopic (exact) mass is 197 g/mol. The molecule has 0 N–H and O–H groups in total. The standard InChI is InChI=1S/C12H11N3/c1-2-11-8-14-12(15(11)9-13)10-6-4-3-5-7-10/h3-8H,2H2,1H3. The molecule has 1 heterocycles. The molecule has 15 heavy (non-hydrogen) atoms. The van der Waals surface area contributed by atoms with E-state index in [1.807, 2.05) is 37.3 Å². The van der Waals surface area contributed by atoms with E-state index in [2.05, 4.69) is 11.2 Å². The van der Waals surface area contributed by atoms with E-state index in [1.165, 1.54) is 0 Å². The van der Waals surface area contributed by atoms with Crippen LogP contribution in [0.1, 0.15) is 12.6 Å². The molecular weight excluding hydrogens is 186 g/mol. The molecule has 74 valence electrons. The quantitative estimate of drug-likeness (QED) is 0.742. The minimum Gasteiger partial charge on any atom is -0.235 e. The number of nitrogens with zero attached hydrogens (tertiary/aromatic N) is 3. The summed E-state index contributed by atoms with van der Waals surface area (Å²) in [6.45, 7) is 2.01. The maximum absolute atomic E-state index is 9.05. The second-order valence-electron chi connectivity index (χ2n) is 3.23. The van der Waals surface area contributed by atoms with E-state index in [-0.39, 0.29) is 0 Å². The Hall–Kier alpha value is -2.08. The lowest BCUT2D eigenvalue weighted by Gasteiger charge is -2.00. The van der Waals surface area contributed by atoms with E-state index in [1.54, 1.807) is 10.8 Å². The minimum atomic E-state index is 0.718. The van der Waals surface area contributed by atoms with Gasteiger partial charge in [0.05, 0.1) is 11.9 Å². The molecule has 0 unspecified atom stereocenters. The molecule has 3 heteroatoms. The predicted molar refractivity (Wildman–Crippen MR) is 58.1 cm³/mol. The molecule has 0 aliphatic carbocycles. The van der Waals surface area contributed by atoms with Gasteiger partial charge in [-0.15, -0.1) is 0 Å². The summed E-state index contributed by atoms with van der Waals surface area (Å²) in [5, 5.41) is 9.05. The van der Waals surface area contributed by atoms with E-state index in [0.717, 1.165) is 23.5 Å². The fourth-order valence-corrected chi connectivity index (χ4v) is 1.54. The van der Waals surface area contributed by atoms with Crippen molar-refractivity contribution in [3.8, 4) is 17.6 Å². The van der Waals surface area contributed by atoms with Crippen LogP contribution in [-0.4, -0.2) is 9.55 Å². The van der Waals surface area contributed by atoms with Crippen LogP contribution in [0, 0.1) is 11.5 Å². The molecule has 0 radical (unpaired) electrons. The van der Waals surface area contributed by atoms with Gasteiger partial charge in [0.2, 0.25) is 0 Å². The molecular formula is C12H11N3. The lowest BCUT2D eigenvalue weighted by molar-refractivity contribution is 0.954. The fourth-order valence-electron chi connectivity index (χ4n) is 1.54. The molecule has 0 saturated carbocycles. The van der Waals surface area contributed by atoms with Crippen LogP contribution in [-0.2, 0) is 6.42 Å². The summed E-state index contributed by atoms with van der Waals surface area (Å²) in [6.07, 6.45) is 4.72. The van der Waals surface area contributed by atoms with Gasteiger partial charge < -0.3 is 0 Å². The molecule has 1 aromatic heterocycles. The SMILES string of the molecule is CCc1cnc(-c2ccccc2)n1C#N. The number of benzene rings is 1. The number of aryl methyl sites for hydroxylation is 1. The third kappa shape index (κ3) is 1.62. The Morgan fingerprint density at radius 3 is 2.67 bits per heavy atom. The van der Waals surface area contributed by atoms with Crippen LogP contribution in [0.2, 0.25) is 0 Å². The Bertz CT molecular complexity index is 491. The summed E-state index contributed by atoms with van der Waals surface area (Å²) < 4.78 is 1.58. The average Bonchev–Trinajstić information content (AvgIpc) is 2.72. The van der Waals surface area contributed by atoms with Crippen molar-refractivity contribution in [3.05, 3.63) is 42.2 Å². The van der Waals surface area contributed by atoms with Gasteiger partial charge in [-0.3, -0.25) is 0 Å². The Kier molecular flexibility index (Phi) is 2.51. The Balaban J connectivity index is 2.55. The van der Waals surface area contributed by atoms with E-state index in [0.29, 0.717) is 0 Å². The highest BCUT2D eigenvalue weighted by molar-refractivity contribution is 5.56. The van der Waals surface area contributed by atoms with E-state index in [9.17, 15) is 0 Å². The fraction of sp³-hybridized carbons (Fsp3) is 0.167. The highest BCUT2D eigenvalue weighted by Crippen LogP contribution is 2.18. The second-order valence-corrected chi connectivity index (χ2v) is 3.23. The first-order valence-electron chi connectivity index (χ1n) is 4.89. The van der Waals surface area contributed by atoms with Gasteiger partial charge in [0.15, 0.2) is 12.0 Å². The van der Waals surface area contributed by atoms with Crippen LogP contribution in [0.25, 0.3) is 11.4 Å². The molecule has 2 aromatic rings. The largest absolute Gasteiger partial charge is 0.235 e. The minimum absolute atomic E-state index is 0.718. The first-order valence-corrected chi connectivity index (χ1v) is 4.89. The van der Waals surface area contributed by atoms with Crippen LogP contribution >= 0.6 is 0 Å². The van der Waals surface area contributed by atoms with Crippen molar-refractivity contribution in [2.24, 2.45) is 0 Å². The summed E-state index contributed by atoms with van der Waals surface area (Å²) in [7, 11) is 0. The predicted octanol–water partition coefficient (Wildman–Crippen LogP) is 2.44. The van der Waals surface area contributed by atoms with Gasteiger partial charge in [0.25, 0.3) is 0 Å². The molecule has 0 spiro atoms. The molecule has 2 rings (SSSR count). The zero-order valence-corrected chi connectivity index (χ0v) is 8.51. The number of rotatable bonds is 2. The van der Waals surface area contributed by atoms with Crippen molar-refractivity contribution in [3.63, 3.8) is 0 Å². The Labute approximate surface area is 88.6 Å². The molecule has 0 amide bonds.